The lowest BCUT2D eigenvalue weighted by molar-refractivity contribution is -0.138. The number of carbonyl (C=O) groups is 1. The normalized spacial score (nSPS) is 11.5. The first-order valence-electron chi connectivity index (χ1n) is 7.05. The second-order valence-corrected chi connectivity index (χ2v) is 6.66. The molecule has 0 spiro atoms. The van der Waals surface area contributed by atoms with Gasteiger partial charge in [0.1, 0.15) is 13.9 Å². The smallest absolute Gasteiger partial charge is 0.333 e. The quantitative estimate of drug-likeness (QED) is 0.441. The van der Waals surface area contributed by atoms with E-state index in [0.717, 1.165) is 11.1 Å². The molecule has 3 nitrogen and oxygen atoms in total. The summed E-state index contributed by atoms with van der Waals surface area (Å²) in [7, 11) is -0.889. The van der Waals surface area contributed by atoms with Crippen LogP contribution in [0.15, 0.2) is 72.8 Å². The summed E-state index contributed by atoms with van der Waals surface area (Å²) in [6.07, 6.45) is 0.646. The topological polar surface area (TPSA) is 35.5 Å². The minimum Gasteiger partial charge on any atom is -0.469 e. The third kappa shape index (κ3) is 5.01. The Bertz CT molecular complexity index is 611. The summed E-state index contributed by atoms with van der Waals surface area (Å²) >= 11 is 0. The van der Waals surface area contributed by atoms with Gasteiger partial charge in [-0.2, -0.15) is 0 Å². The van der Waals surface area contributed by atoms with Crippen molar-refractivity contribution in [3.05, 3.63) is 72.8 Å². The standard InChI is InChI=1S/C18H19O3P/c1-15(2)18(19)20-13-14-22(17-11-7-4-8-12-17)21-16-9-5-3-6-10-16/h3-12H,1,13-14H2,2H3. The highest BCUT2D eigenvalue weighted by molar-refractivity contribution is 7.61. The zero-order valence-electron chi connectivity index (χ0n) is 12.6. The van der Waals surface area contributed by atoms with E-state index in [9.17, 15) is 4.79 Å². The number of rotatable bonds is 7. The number of ether oxygens (including phenoxy) is 1. The van der Waals surface area contributed by atoms with E-state index < -0.39 is 8.15 Å². The van der Waals surface area contributed by atoms with Crippen molar-refractivity contribution >= 4 is 19.4 Å². The average molecular weight is 314 g/mol. The summed E-state index contributed by atoms with van der Waals surface area (Å²) in [5, 5.41) is 1.12. The summed E-state index contributed by atoms with van der Waals surface area (Å²) < 4.78 is 11.3. The first kappa shape index (κ1) is 16.3. The van der Waals surface area contributed by atoms with Crippen LogP contribution >= 0.6 is 8.15 Å². The summed E-state index contributed by atoms with van der Waals surface area (Å²) in [4.78, 5) is 11.5. The molecule has 2 aromatic carbocycles. The van der Waals surface area contributed by atoms with Gasteiger partial charge < -0.3 is 9.26 Å². The minimum absolute atomic E-state index is 0.319. The zero-order valence-corrected chi connectivity index (χ0v) is 13.5. The molecule has 1 atom stereocenters. The van der Waals surface area contributed by atoms with Gasteiger partial charge in [-0.1, -0.05) is 55.1 Å². The number of hydrogen-bond acceptors (Lipinski definition) is 3. The Balaban J connectivity index is 2.02. The molecule has 2 aromatic rings. The van der Waals surface area contributed by atoms with Crippen molar-refractivity contribution in [1.29, 1.82) is 0 Å². The third-order valence-corrected chi connectivity index (χ3v) is 4.77. The number of hydrogen-bond donors (Lipinski definition) is 0. The fourth-order valence-corrected chi connectivity index (χ4v) is 3.37. The molecular formula is C18H19O3P. The van der Waals surface area contributed by atoms with Crippen molar-refractivity contribution in [3.63, 3.8) is 0 Å². The number of esters is 1. The molecule has 0 aliphatic heterocycles. The van der Waals surface area contributed by atoms with E-state index in [0.29, 0.717) is 18.3 Å². The molecule has 4 heteroatoms. The lowest BCUT2D eigenvalue weighted by atomic mass is 10.3. The second kappa shape index (κ2) is 8.35. The largest absolute Gasteiger partial charge is 0.469 e. The van der Waals surface area contributed by atoms with Gasteiger partial charge in [0, 0.05) is 17.0 Å². The highest BCUT2D eigenvalue weighted by atomic mass is 31.1. The first-order valence-corrected chi connectivity index (χ1v) is 8.49. The van der Waals surface area contributed by atoms with Gasteiger partial charge in [0.2, 0.25) is 0 Å². The van der Waals surface area contributed by atoms with Crippen LogP contribution in [0.4, 0.5) is 0 Å². The lowest BCUT2D eigenvalue weighted by Crippen LogP contribution is -2.14. The van der Waals surface area contributed by atoms with Crippen LogP contribution in [0.25, 0.3) is 0 Å². The second-order valence-electron chi connectivity index (χ2n) is 4.76. The van der Waals surface area contributed by atoms with Gasteiger partial charge in [0.15, 0.2) is 0 Å². The summed E-state index contributed by atoms with van der Waals surface area (Å²) in [6, 6.07) is 19.7. The predicted octanol–water partition coefficient (Wildman–Crippen LogP) is 3.91. The third-order valence-electron chi connectivity index (χ3n) is 2.88. The maximum atomic E-state index is 11.5. The van der Waals surface area contributed by atoms with Crippen LogP contribution in [0.5, 0.6) is 5.75 Å². The average Bonchev–Trinajstić information content (AvgIpc) is 2.55. The Kier molecular flexibility index (Phi) is 6.17. The van der Waals surface area contributed by atoms with Crippen LogP contribution in [-0.2, 0) is 9.53 Å². The molecule has 0 aliphatic rings. The van der Waals surface area contributed by atoms with Gasteiger partial charge in [0.25, 0.3) is 0 Å². The molecule has 22 heavy (non-hydrogen) atoms. The molecule has 0 radical (unpaired) electrons. The Morgan fingerprint density at radius 1 is 1.05 bits per heavy atom. The zero-order chi connectivity index (χ0) is 15.8. The van der Waals surface area contributed by atoms with Crippen molar-refractivity contribution in [2.24, 2.45) is 0 Å². The van der Waals surface area contributed by atoms with Crippen LogP contribution in [0.2, 0.25) is 0 Å². The Labute approximate surface area is 132 Å². The summed E-state index contributed by atoms with van der Waals surface area (Å²) in [6.45, 7) is 5.54. The van der Waals surface area contributed by atoms with Crippen LogP contribution in [0, 0.1) is 0 Å². The molecule has 0 aromatic heterocycles. The van der Waals surface area contributed by atoms with Gasteiger partial charge in [-0.05, 0) is 19.1 Å². The van der Waals surface area contributed by atoms with Crippen LogP contribution in [0.1, 0.15) is 6.92 Å². The van der Waals surface area contributed by atoms with Gasteiger partial charge in [0.05, 0.1) is 6.61 Å². The molecular weight excluding hydrogens is 295 g/mol. The fraction of sp³-hybridized carbons (Fsp3) is 0.167. The number of benzene rings is 2. The van der Waals surface area contributed by atoms with Crippen LogP contribution in [0.3, 0.4) is 0 Å². The van der Waals surface area contributed by atoms with Gasteiger partial charge >= 0.3 is 5.97 Å². The molecule has 0 fully saturated rings. The SMILES string of the molecule is C=C(C)C(=O)OCCP(Oc1ccccc1)c1ccccc1. The van der Waals surface area contributed by atoms with E-state index in [1.54, 1.807) is 6.92 Å². The molecule has 0 saturated carbocycles. The van der Waals surface area contributed by atoms with Crippen LogP contribution in [-0.4, -0.2) is 18.7 Å². The monoisotopic (exact) mass is 314 g/mol. The van der Waals surface area contributed by atoms with Gasteiger partial charge in [-0.3, -0.25) is 0 Å². The Hall–Kier alpha value is -2.12. The number of para-hydroxylation sites is 1. The van der Waals surface area contributed by atoms with Crippen molar-refractivity contribution in [1.82, 2.24) is 0 Å². The highest BCUT2D eigenvalue weighted by Crippen LogP contribution is 2.36. The predicted molar refractivity (Wildman–Crippen MR) is 90.7 cm³/mol. The van der Waals surface area contributed by atoms with Crippen molar-refractivity contribution in [2.75, 3.05) is 12.8 Å². The molecule has 0 amide bonds. The summed E-state index contributed by atoms with van der Waals surface area (Å²) in [5.41, 5.74) is 0.410. The molecule has 0 bridgehead atoms. The minimum atomic E-state index is -0.889. The van der Waals surface area contributed by atoms with E-state index in [-0.39, 0.29) is 5.97 Å². The van der Waals surface area contributed by atoms with E-state index in [2.05, 4.69) is 6.58 Å². The Morgan fingerprint density at radius 2 is 1.64 bits per heavy atom. The highest BCUT2D eigenvalue weighted by Gasteiger charge is 2.15. The molecule has 1 unspecified atom stereocenters. The molecule has 114 valence electrons. The van der Waals surface area contributed by atoms with Crippen molar-refractivity contribution in [3.8, 4) is 5.75 Å². The molecule has 0 heterocycles. The maximum Gasteiger partial charge on any atom is 0.333 e. The molecule has 0 N–H and O–H groups in total. The van der Waals surface area contributed by atoms with E-state index >= 15 is 0 Å². The lowest BCUT2D eigenvalue weighted by Gasteiger charge is -2.19. The maximum absolute atomic E-state index is 11.5. The molecule has 2 rings (SSSR count). The number of carbonyl (C=O) groups excluding carboxylic acids is 1. The van der Waals surface area contributed by atoms with Crippen molar-refractivity contribution in [2.45, 2.75) is 6.92 Å². The van der Waals surface area contributed by atoms with Crippen molar-refractivity contribution < 1.29 is 14.1 Å². The van der Waals surface area contributed by atoms with Crippen LogP contribution < -0.4 is 9.83 Å². The molecule has 0 aliphatic carbocycles. The first-order chi connectivity index (χ1) is 10.7. The van der Waals surface area contributed by atoms with Gasteiger partial charge in [-0.25, -0.2) is 4.79 Å². The molecule has 0 saturated heterocycles. The van der Waals surface area contributed by atoms with E-state index in [1.807, 2.05) is 60.7 Å². The van der Waals surface area contributed by atoms with E-state index in [1.165, 1.54) is 0 Å². The van der Waals surface area contributed by atoms with Gasteiger partial charge in [-0.15, -0.1) is 0 Å². The van der Waals surface area contributed by atoms with E-state index in [4.69, 9.17) is 9.26 Å². The summed E-state index contributed by atoms with van der Waals surface area (Å²) in [5.74, 6) is 0.464. The Morgan fingerprint density at radius 3 is 2.23 bits per heavy atom. The fourth-order valence-electron chi connectivity index (χ4n) is 1.77.